The molecule has 1 aliphatic heterocycles. The lowest BCUT2D eigenvalue weighted by Crippen LogP contribution is -2.46. The molecule has 1 aromatic carbocycles. The summed E-state index contributed by atoms with van der Waals surface area (Å²) in [7, 11) is -3.93. The molecule has 1 aromatic rings. The number of sulfonamides is 1. The number of nitrogens with zero attached hydrogens (tertiary/aromatic N) is 1. The van der Waals surface area contributed by atoms with Gasteiger partial charge in [0, 0.05) is 6.54 Å². The van der Waals surface area contributed by atoms with Crippen LogP contribution in [0.4, 0.5) is 0 Å². The molecular formula is C12H14NO5S-. The van der Waals surface area contributed by atoms with Crippen molar-refractivity contribution < 1.29 is 23.4 Å². The maximum atomic E-state index is 12.3. The first-order valence-corrected chi connectivity index (χ1v) is 7.24. The highest BCUT2D eigenvalue weighted by Crippen LogP contribution is 2.26. The van der Waals surface area contributed by atoms with Crippen LogP contribution in [0.25, 0.3) is 0 Å². The third-order valence-electron chi connectivity index (χ3n) is 3.13. The summed E-state index contributed by atoms with van der Waals surface area (Å²) in [6.07, 6.45) is -1.13. The monoisotopic (exact) mass is 284 g/mol. The van der Waals surface area contributed by atoms with Gasteiger partial charge in [-0.05, 0) is 25.5 Å². The van der Waals surface area contributed by atoms with E-state index in [0.717, 1.165) is 9.87 Å². The van der Waals surface area contributed by atoms with Gasteiger partial charge in [0.1, 0.15) is 0 Å². The highest BCUT2D eigenvalue weighted by Gasteiger charge is 2.40. The van der Waals surface area contributed by atoms with Crippen molar-refractivity contribution in [2.24, 2.45) is 0 Å². The molecule has 1 N–H and O–H groups in total. The van der Waals surface area contributed by atoms with E-state index in [4.69, 9.17) is 0 Å². The van der Waals surface area contributed by atoms with Crippen molar-refractivity contribution in [2.75, 3.05) is 6.54 Å². The van der Waals surface area contributed by atoms with Crippen LogP contribution in [-0.4, -0.2) is 42.5 Å². The van der Waals surface area contributed by atoms with Crippen LogP contribution in [0.15, 0.2) is 29.2 Å². The number of hydrogen-bond acceptors (Lipinski definition) is 5. The summed E-state index contributed by atoms with van der Waals surface area (Å²) in [5.41, 5.74) is 0.900. The van der Waals surface area contributed by atoms with E-state index in [1.807, 2.05) is 6.92 Å². The van der Waals surface area contributed by atoms with Gasteiger partial charge in [-0.1, -0.05) is 17.7 Å². The largest absolute Gasteiger partial charge is 0.548 e. The number of carboxylic acids is 1. The van der Waals surface area contributed by atoms with Crippen LogP contribution in [0.1, 0.15) is 12.0 Å². The minimum atomic E-state index is -3.93. The second-order valence-electron chi connectivity index (χ2n) is 4.61. The maximum absolute atomic E-state index is 12.3. The quantitative estimate of drug-likeness (QED) is 0.757. The molecule has 0 amide bonds. The van der Waals surface area contributed by atoms with Crippen molar-refractivity contribution in [3.8, 4) is 0 Å². The molecule has 1 saturated heterocycles. The number of carbonyl (C=O) groups excluding carboxylic acids is 1. The predicted molar refractivity (Wildman–Crippen MR) is 64.5 cm³/mol. The average Bonchev–Trinajstić information content (AvgIpc) is 2.73. The van der Waals surface area contributed by atoms with Crippen LogP contribution in [0, 0.1) is 6.92 Å². The minimum absolute atomic E-state index is 0.0125. The summed E-state index contributed by atoms with van der Waals surface area (Å²) in [6, 6.07) is 4.78. The van der Waals surface area contributed by atoms with E-state index in [0.29, 0.717) is 0 Å². The second kappa shape index (κ2) is 4.92. The molecule has 1 fully saturated rings. The van der Waals surface area contributed by atoms with Crippen LogP contribution in [-0.2, 0) is 14.8 Å². The second-order valence-corrected chi connectivity index (χ2v) is 6.50. The molecule has 0 bridgehead atoms. The third kappa shape index (κ3) is 2.63. The van der Waals surface area contributed by atoms with E-state index in [1.54, 1.807) is 12.1 Å². The topological polar surface area (TPSA) is 97.7 Å². The van der Waals surface area contributed by atoms with E-state index in [-0.39, 0.29) is 17.9 Å². The number of aliphatic hydroxyl groups is 1. The summed E-state index contributed by atoms with van der Waals surface area (Å²) < 4.78 is 25.4. The van der Waals surface area contributed by atoms with Crippen molar-refractivity contribution in [3.63, 3.8) is 0 Å². The molecule has 19 heavy (non-hydrogen) atoms. The zero-order valence-corrected chi connectivity index (χ0v) is 11.1. The summed E-state index contributed by atoms with van der Waals surface area (Å²) in [5, 5.41) is 20.4. The predicted octanol–water partition coefficient (Wildman–Crippen LogP) is -1.13. The number of carboxylic acid groups (broad SMARTS) is 1. The Morgan fingerprint density at radius 2 is 1.95 bits per heavy atom. The van der Waals surface area contributed by atoms with Crippen LogP contribution in [0.5, 0.6) is 0 Å². The molecule has 2 atom stereocenters. The van der Waals surface area contributed by atoms with Gasteiger partial charge in [0.2, 0.25) is 10.0 Å². The number of aliphatic hydroxyl groups excluding tert-OH is 1. The highest BCUT2D eigenvalue weighted by molar-refractivity contribution is 7.89. The number of hydrogen-bond donors (Lipinski definition) is 1. The van der Waals surface area contributed by atoms with Gasteiger partial charge >= 0.3 is 0 Å². The Morgan fingerprint density at radius 3 is 2.47 bits per heavy atom. The fourth-order valence-corrected chi connectivity index (χ4v) is 3.74. The fraction of sp³-hybridized carbons (Fsp3) is 0.417. The van der Waals surface area contributed by atoms with Crippen molar-refractivity contribution in [1.29, 1.82) is 0 Å². The smallest absolute Gasteiger partial charge is 0.243 e. The fourth-order valence-electron chi connectivity index (χ4n) is 2.11. The Bertz CT molecular complexity index is 581. The van der Waals surface area contributed by atoms with Crippen LogP contribution >= 0.6 is 0 Å². The number of carbonyl (C=O) groups is 1. The van der Waals surface area contributed by atoms with Crippen molar-refractivity contribution in [2.45, 2.75) is 30.4 Å². The highest BCUT2D eigenvalue weighted by atomic mass is 32.2. The van der Waals surface area contributed by atoms with Crippen LogP contribution in [0.3, 0.4) is 0 Å². The zero-order chi connectivity index (χ0) is 14.2. The maximum Gasteiger partial charge on any atom is 0.243 e. The van der Waals surface area contributed by atoms with E-state index < -0.39 is 28.1 Å². The summed E-state index contributed by atoms with van der Waals surface area (Å²) >= 11 is 0. The van der Waals surface area contributed by atoms with E-state index in [9.17, 15) is 23.4 Å². The normalized spacial score (nSPS) is 24.5. The molecule has 6 nitrogen and oxygen atoms in total. The number of aryl methyl sites for hydroxylation is 1. The van der Waals surface area contributed by atoms with E-state index >= 15 is 0 Å². The molecule has 1 heterocycles. The van der Waals surface area contributed by atoms with Gasteiger partial charge in [-0.15, -0.1) is 0 Å². The van der Waals surface area contributed by atoms with E-state index in [1.165, 1.54) is 12.1 Å². The molecule has 0 unspecified atom stereocenters. The molecule has 0 spiro atoms. The Balaban J connectivity index is 2.38. The molecule has 0 radical (unpaired) electrons. The lowest BCUT2D eigenvalue weighted by molar-refractivity contribution is -0.309. The summed E-state index contributed by atoms with van der Waals surface area (Å²) in [4.78, 5) is 11.0. The molecule has 0 aliphatic carbocycles. The summed E-state index contributed by atoms with van der Waals surface area (Å²) in [5.74, 6) is -1.49. The molecule has 1 aliphatic rings. The standard InChI is InChI=1S/C12H15NO5S/c1-8-2-4-10(5-3-8)19(17,18)13-7-9(14)6-11(13)12(15)16/h2-5,9,11,14H,6-7H2,1H3,(H,15,16)/p-1/t9-,11+/m0/s1. The lowest BCUT2D eigenvalue weighted by atomic mass is 10.2. The number of aliphatic carboxylic acids is 1. The first kappa shape index (κ1) is 14.0. The van der Waals surface area contributed by atoms with Gasteiger partial charge < -0.3 is 15.0 Å². The van der Waals surface area contributed by atoms with Gasteiger partial charge in [-0.25, -0.2) is 8.42 Å². The Kier molecular flexibility index (Phi) is 3.62. The third-order valence-corrected chi connectivity index (χ3v) is 5.02. The van der Waals surface area contributed by atoms with Gasteiger partial charge in [0.15, 0.2) is 0 Å². The lowest BCUT2D eigenvalue weighted by Gasteiger charge is -2.24. The molecule has 0 saturated carbocycles. The van der Waals surface area contributed by atoms with Gasteiger partial charge in [0.05, 0.1) is 23.0 Å². The molecule has 104 valence electrons. The van der Waals surface area contributed by atoms with Crippen molar-refractivity contribution in [3.05, 3.63) is 29.8 Å². The van der Waals surface area contributed by atoms with Crippen molar-refractivity contribution >= 4 is 16.0 Å². The van der Waals surface area contributed by atoms with Gasteiger partial charge in [-0.3, -0.25) is 0 Å². The Hall–Kier alpha value is -1.44. The zero-order valence-electron chi connectivity index (χ0n) is 10.3. The number of β-amino-alcohol motifs (C(OH)–C–C–N with tert-alkyl or cyclic N) is 1. The first-order valence-electron chi connectivity index (χ1n) is 5.80. The molecular weight excluding hydrogens is 270 g/mol. The molecule has 7 heteroatoms. The summed E-state index contributed by atoms with van der Waals surface area (Å²) in [6.45, 7) is 1.59. The minimum Gasteiger partial charge on any atom is -0.548 e. The van der Waals surface area contributed by atoms with E-state index in [2.05, 4.69) is 0 Å². The molecule has 0 aromatic heterocycles. The van der Waals surface area contributed by atoms with Gasteiger partial charge in [-0.2, -0.15) is 4.31 Å². The number of rotatable bonds is 3. The van der Waals surface area contributed by atoms with Crippen LogP contribution < -0.4 is 5.11 Å². The SMILES string of the molecule is Cc1ccc(S(=O)(=O)N2C[C@@H](O)C[C@@H]2C(=O)[O-])cc1. The average molecular weight is 284 g/mol. The number of benzene rings is 1. The van der Waals surface area contributed by atoms with Crippen molar-refractivity contribution in [1.82, 2.24) is 4.31 Å². The van der Waals surface area contributed by atoms with Crippen LogP contribution in [0.2, 0.25) is 0 Å². The molecule has 2 rings (SSSR count). The van der Waals surface area contributed by atoms with Gasteiger partial charge in [0.25, 0.3) is 0 Å². The first-order chi connectivity index (χ1) is 8.82. The Morgan fingerprint density at radius 1 is 1.37 bits per heavy atom. The Labute approximate surface area is 111 Å².